The van der Waals surface area contributed by atoms with Gasteiger partial charge in [0.15, 0.2) is 0 Å². The number of methoxy groups -OCH3 is 1. The number of ether oxygens (including phenoxy) is 2. The third-order valence-corrected chi connectivity index (χ3v) is 11.1. The zero-order valence-electron chi connectivity index (χ0n) is 21.5. The van der Waals surface area contributed by atoms with Crippen molar-refractivity contribution < 1.29 is 23.9 Å². The van der Waals surface area contributed by atoms with Crippen molar-refractivity contribution in [2.45, 2.75) is 78.4 Å². The number of alkyl carbamates (subject to hydrolysis) is 1. The van der Waals surface area contributed by atoms with Crippen LogP contribution in [-0.4, -0.2) is 61.6 Å². The molecule has 34 heavy (non-hydrogen) atoms. The second-order valence-electron chi connectivity index (χ2n) is 12.4. The Bertz CT molecular complexity index is 862. The first-order chi connectivity index (χ1) is 16.1. The molecule has 11 atom stereocenters. The fourth-order valence-electron chi connectivity index (χ4n) is 8.99. The monoisotopic (exact) mass is 474 g/mol. The molecule has 0 aromatic rings. The summed E-state index contributed by atoms with van der Waals surface area (Å²) in [6.45, 7) is 11.3. The number of carbonyl (C=O) groups is 3. The van der Waals surface area contributed by atoms with E-state index in [9.17, 15) is 14.4 Å². The number of amides is 2. The van der Waals surface area contributed by atoms with Crippen molar-refractivity contribution in [1.82, 2.24) is 10.2 Å². The highest BCUT2D eigenvalue weighted by Gasteiger charge is 2.67. The van der Waals surface area contributed by atoms with Gasteiger partial charge in [-0.3, -0.25) is 14.9 Å². The van der Waals surface area contributed by atoms with Crippen molar-refractivity contribution in [2.75, 3.05) is 26.7 Å². The lowest BCUT2D eigenvalue weighted by atomic mass is 9.45. The standard InChI is InChI=1S/C27H42N2O5/c1-15-12-21(34-25(32)28-24(31)19-14-29-11-8-18(19)13-29)26(4)16(2)6-9-27(17(3)22(15)30)10-7-20(33-5)23(26)27/h15-21,23H,6-14H2,1-5H3,(H,28,31,32)/t15-,16+,17-,18+,19-,20+,21+,23?,26-,27?/m0/s1. The number of Topliss-reactive ketones (excluding diaryl/α,β-unsaturated/α-hetero) is 1. The van der Waals surface area contributed by atoms with Gasteiger partial charge in [-0.25, -0.2) is 4.79 Å². The molecule has 0 spiro atoms. The van der Waals surface area contributed by atoms with Crippen molar-refractivity contribution in [1.29, 1.82) is 0 Å². The summed E-state index contributed by atoms with van der Waals surface area (Å²) in [5.41, 5.74) is -0.434. The van der Waals surface area contributed by atoms with Crippen LogP contribution in [0.5, 0.6) is 0 Å². The number of nitrogens with one attached hydrogen (secondary N) is 1. The Morgan fingerprint density at radius 2 is 1.82 bits per heavy atom. The summed E-state index contributed by atoms with van der Waals surface area (Å²) in [4.78, 5) is 41.8. The molecule has 0 radical (unpaired) electrons. The lowest BCUT2D eigenvalue weighted by Gasteiger charge is -2.60. The third-order valence-electron chi connectivity index (χ3n) is 11.1. The molecule has 4 bridgehead atoms. The van der Waals surface area contributed by atoms with E-state index in [0.29, 0.717) is 18.3 Å². The van der Waals surface area contributed by atoms with Crippen molar-refractivity contribution >= 4 is 17.8 Å². The summed E-state index contributed by atoms with van der Waals surface area (Å²) >= 11 is 0. The molecule has 1 N–H and O–H groups in total. The summed E-state index contributed by atoms with van der Waals surface area (Å²) in [6.07, 6.45) is 4.42. The molecule has 5 rings (SSSR count). The number of piperidine rings is 1. The minimum atomic E-state index is -0.655. The van der Waals surface area contributed by atoms with Crippen LogP contribution < -0.4 is 5.32 Å². The highest BCUT2D eigenvalue weighted by molar-refractivity contribution is 5.93. The van der Waals surface area contributed by atoms with Gasteiger partial charge in [0, 0.05) is 43.4 Å². The van der Waals surface area contributed by atoms with Crippen LogP contribution in [0.3, 0.4) is 0 Å². The molecule has 0 aromatic carbocycles. The molecule has 5 fully saturated rings. The van der Waals surface area contributed by atoms with Gasteiger partial charge in [0.1, 0.15) is 11.9 Å². The number of carbonyl (C=O) groups excluding carboxylic acids is 3. The quantitative estimate of drug-likeness (QED) is 0.672. The van der Waals surface area contributed by atoms with Gasteiger partial charge >= 0.3 is 6.09 Å². The minimum absolute atomic E-state index is 0.0244. The molecule has 7 nitrogen and oxygen atoms in total. The Kier molecular flexibility index (Phi) is 6.11. The van der Waals surface area contributed by atoms with Crippen LogP contribution in [0.2, 0.25) is 0 Å². The Balaban J connectivity index is 1.42. The van der Waals surface area contributed by atoms with Gasteiger partial charge in [-0.15, -0.1) is 0 Å². The number of rotatable bonds is 3. The SMILES string of the molecule is CO[C@@H]1CCC23CC[C@@H](C)[C@](C)(C12)[C@H](OC(=O)NC(=O)[C@H]1CN2CC[C@@H]1C2)C[C@H](C)C(=O)[C@@H]3C. The van der Waals surface area contributed by atoms with Crippen molar-refractivity contribution in [2.24, 2.45) is 46.3 Å². The molecule has 3 unspecified atom stereocenters. The Morgan fingerprint density at radius 1 is 1.09 bits per heavy atom. The second-order valence-corrected chi connectivity index (χ2v) is 12.4. The largest absolute Gasteiger partial charge is 0.445 e. The predicted molar refractivity (Wildman–Crippen MR) is 127 cm³/mol. The van der Waals surface area contributed by atoms with Crippen LogP contribution in [-0.2, 0) is 19.1 Å². The first-order valence-electron chi connectivity index (χ1n) is 13.4. The van der Waals surface area contributed by atoms with Crippen LogP contribution >= 0.6 is 0 Å². The highest BCUT2D eigenvalue weighted by Crippen LogP contribution is 2.67. The second kappa shape index (κ2) is 8.58. The fourth-order valence-corrected chi connectivity index (χ4v) is 8.99. The minimum Gasteiger partial charge on any atom is -0.445 e. The van der Waals surface area contributed by atoms with E-state index in [2.05, 4.69) is 31.0 Å². The number of ketones is 1. The van der Waals surface area contributed by atoms with Crippen LogP contribution in [0.1, 0.15) is 66.2 Å². The molecule has 0 aromatic heterocycles. The van der Waals surface area contributed by atoms with Crippen LogP contribution in [0.4, 0.5) is 4.79 Å². The van der Waals surface area contributed by atoms with Crippen LogP contribution in [0.15, 0.2) is 0 Å². The summed E-state index contributed by atoms with van der Waals surface area (Å²) in [7, 11) is 1.77. The molecule has 5 aliphatic rings. The zero-order chi connectivity index (χ0) is 24.4. The Hall–Kier alpha value is -1.47. The normalized spacial score (nSPS) is 49.8. The first kappa shape index (κ1) is 24.2. The lowest BCUT2D eigenvalue weighted by Crippen LogP contribution is -2.62. The Labute approximate surface area is 203 Å². The molecule has 2 amide bonds. The fraction of sp³-hybridized carbons (Fsp3) is 0.889. The van der Waals surface area contributed by atoms with E-state index >= 15 is 0 Å². The van der Waals surface area contributed by atoms with Gasteiger partial charge in [-0.1, -0.05) is 27.7 Å². The van der Waals surface area contributed by atoms with Gasteiger partial charge in [0.25, 0.3) is 0 Å². The van der Waals surface area contributed by atoms with Gasteiger partial charge in [0.2, 0.25) is 5.91 Å². The van der Waals surface area contributed by atoms with Gasteiger partial charge in [-0.2, -0.15) is 0 Å². The van der Waals surface area contributed by atoms with Crippen LogP contribution in [0, 0.1) is 46.3 Å². The van der Waals surface area contributed by atoms with Crippen molar-refractivity contribution in [3.05, 3.63) is 0 Å². The van der Waals surface area contributed by atoms with Crippen molar-refractivity contribution in [3.63, 3.8) is 0 Å². The smallest absolute Gasteiger partial charge is 0.414 e. The van der Waals surface area contributed by atoms with Crippen LogP contribution in [0.25, 0.3) is 0 Å². The molecule has 2 saturated heterocycles. The molecule has 190 valence electrons. The summed E-state index contributed by atoms with van der Waals surface area (Å²) in [6, 6.07) is 0. The van der Waals surface area contributed by atoms with E-state index in [1.54, 1.807) is 7.11 Å². The Morgan fingerprint density at radius 3 is 2.47 bits per heavy atom. The summed E-state index contributed by atoms with van der Waals surface area (Å²) in [5.74, 6) is 0.518. The maximum Gasteiger partial charge on any atom is 0.414 e. The topological polar surface area (TPSA) is 84.9 Å². The molecule has 3 aliphatic carbocycles. The molecular weight excluding hydrogens is 432 g/mol. The van der Waals surface area contributed by atoms with Crippen molar-refractivity contribution in [3.8, 4) is 0 Å². The summed E-state index contributed by atoms with van der Waals surface area (Å²) in [5, 5.41) is 2.57. The number of nitrogens with zero attached hydrogens (tertiary/aromatic N) is 1. The average Bonchev–Trinajstić information content (AvgIpc) is 3.54. The molecular formula is C27H42N2O5. The maximum atomic E-state index is 13.5. The number of hydrogen-bond acceptors (Lipinski definition) is 6. The summed E-state index contributed by atoms with van der Waals surface area (Å²) < 4.78 is 12.2. The molecule has 2 heterocycles. The van der Waals surface area contributed by atoms with E-state index in [1.807, 2.05) is 6.92 Å². The molecule has 3 saturated carbocycles. The van der Waals surface area contributed by atoms with E-state index < -0.39 is 12.2 Å². The molecule has 7 heteroatoms. The van der Waals surface area contributed by atoms with Gasteiger partial charge < -0.3 is 14.4 Å². The predicted octanol–water partition coefficient (Wildman–Crippen LogP) is 3.65. The lowest BCUT2D eigenvalue weighted by molar-refractivity contribution is -0.184. The van der Waals surface area contributed by atoms with Gasteiger partial charge in [-0.05, 0) is 62.3 Å². The van der Waals surface area contributed by atoms with Gasteiger partial charge in [0.05, 0.1) is 12.0 Å². The average molecular weight is 475 g/mol. The van der Waals surface area contributed by atoms with E-state index in [-0.39, 0.29) is 52.3 Å². The highest BCUT2D eigenvalue weighted by atomic mass is 16.6. The van der Waals surface area contributed by atoms with E-state index in [0.717, 1.165) is 51.7 Å². The van der Waals surface area contributed by atoms with E-state index in [1.165, 1.54) is 0 Å². The third kappa shape index (κ3) is 3.47. The molecule has 2 aliphatic heterocycles. The van der Waals surface area contributed by atoms with E-state index in [4.69, 9.17) is 9.47 Å². The zero-order valence-corrected chi connectivity index (χ0v) is 21.5. The first-order valence-corrected chi connectivity index (χ1v) is 13.4. The maximum absolute atomic E-state index is 13.5. The number of imide groups is 1. The number of hydrogen-bond donors (Lipinski definition) is 1. The number of fused-ring (bicyclic) bond motifs is 2.